The average molecular weight is 590 g/mol. The minimum Gasteiger partial charge on any atom is -0.492 e. The van der Waals surface area contributed by atoms with Crippen LogP contribution in [-0.2, 0) is 12.7 Å². The average Bonchev–Trinajstić information content (AvgIpc) is 2.95. The summed E-state index contributed by atoms with van der Waals surface area (Å²) in [5.41, 5.74) is 0.182. The summed E-state index contributed by atoms with van der Waals surface area (Å²) in [6.07, 6.45) is -0.918. The van der Waals surface area contributed by atoms with Gasteiger partial charge in [-0.2, -0.15) is 13.2 Å². The Labute approximate surface area is 242 Å². The van der Waals surface area contributed by atoms with Crippen LogP contribution in [0, 0.1) is 19.7 Å². The highest BCUT2D eigenvalue weighted by Crippen LogP contribution is 2.36. The molecule has 1 fully saturated rings. The van der Waals surface area contributed by atoms with Crippen LogP contribution in [0.5, 0.6) is 5.75 Å². The van der Waals surface area contributed by atoms with Crippen LogP contribution >= 0.6 is 0 Å². The van der Waals surface area contributed by atoms with E-state index in [0.717, 1.165) is 37.8 Å². The van der Waals surface area contributed by atoms with Crippen LogP contribution < -0.4 is 15.4 Å². The number of benzene rings is 1. The van der Waals surface area contributed by atoms with E-state index in [9.17, 15) is 22.4 Å². The maximum atomic E-state index is 15.0. The predicted octanol–water partition coefficient (Wildman–Crippen LogP) is 5.88. The van der Waals surface area contributed by atoms with E-state index >= 15 is 0 Å². The van der Waals surface area contributed by atoms with Gasteiger partial charge in [0.2, 0.25) is 0 Å². The highest BCUT2D eigenvalue weighted by atomic mass is 19.4. The van der Waals surface area contributed by atoms with Gasteiger partial charge in [0.15, 0.2) is 5.82 Å². The van der Waals surface area contributed by atoms with Crippen LogP contribution in [0.2, 0.25) is 0 Å². The number of carbonyl (C=O) groups is 1. The van der Waals surface area contributed by atoms with Gasteiger partial charge in [-0.1, -0.05) is 13.8 Å². The van der Waals surface area contributed by atoms with Crippen molar-refractivity contribution in [2.75, 3.05) is 50.0 Å². The molecular formula is C29H35F4N7O2. The van der Waals surface area contributed by atoms with Gasteiger partial charge < -0.3 is 20.3 Å². The van der Waals surface area contributed by atoms with Crippen LogP contribution in [0.25, 0.3) is 11.4 Å². The smallest absolute Gasteiger partial charge is 0.416 e. The molecule has 0 unspecified atom stereocenters. The third-order valence-electron chi connectivity index (χ3n) is 7.04. The number of alkyl halides is 3. The van der Waals surface area contributed by atoms with E-state index in [1.807, 2.05) is 25.7 Å². The molecule has 2 aromatic heterocycles. The Morgan fingerprint density at radius 1 is 0.952 bits per heavy atom. The quantitative estimate of drug-likeness (QED) is 0.301. The Morgan fingerprint density at radius 2 is 1.64 bits per heavy atom. The third kappa shape index (κ3) is 7.71. The van der Waals surface area contributed by atoms with Crippen molar-refractivity contribution in [1.82, 2.24) is 24.8 Å². The summed E-state index contributed by atoms with van der Waals surface area (Å²) in [5.74, 6) is -0.000909. The van der Waals surface area contributed by atoms with E-state index in [4.69, 9.17) is 4.74 Å². The molecule has 3 heterocycles. The lowest BCUT2D eigenvalue weighted by Crippen LogP contribution is -2.45. The Morgan fingerprint density at radius 3 is 2.29 bits per heavy atom. The zero-order valence-electron chi connectivity index (χ0n) is 24.1. The molecule has 13 heteroatoms. The fraction of sp³-hybridized carbons (Fsp3) is 0.448. The normalized spacial score (nSPS) is 14.6. The summed E-state index contributed by atoms with van der Waals surface area (Å²) in [6, 6.07) is 2.34. The summed E-state index contributed by atoms with van der Waals surface area (Å²) in [4.78, 5) is 29.8. The van der Waals surface area contributed by atoms with E-state index in [0.29, 0.717) is 48.6 Å². The number of nitrogens with one attached hydrogen (secondary N) is 2. The van der Waals surface area contributed by atoms with Crippen LogP contribution in [0.4, 0.5) is 33.7 Å². The largest absolute Gasteiger partial charge is 0.492 e. The third-order valence-corrected chi connectivity index (χ3v) is 7.04. The number of carbonyl (C=O) groups excluding carboxylic acids is 1. The van der Waals surface area contributed by atoms with Gasteiger partial charge in [-0.15, -0.1) is 0 Å². The minimum absolute atomic E-state index is 0.0403. The van der Waals surface area contributed by atoms with E-state index in [1.54, 1.807) is 19.2 Å². The van der Waals surface area contributed by atoms with Gasteiger partial charge in [-0.3, -0.25) is 9.88 Å². The van der Waals surface area contributed by atoms with Gasteiger partial charge in [0.25, 0.3) is 0 Å². The van der Waals surface area contributed by atoms with Crippen molar-refractivity contribution < 1.29 is 27.1 Å². The van der Waals surface area contributed by atoms with E-state index in [-0.39, 0.29) is 17.8 Å². The van der Waals surface area contributed by atoms with Gasteiger partial charge in [-0.25, -0.2) is 19.2 Å². The molecule has 226 valence electrons. The zero-order valence-corrected chi connectivity index (χ0v) is 24.1. The summed E-state index contributed by atoms with van der Waals surface area (Å²) >= 11 is 0. The topological polar surface area (TPSA) is 95.5 Å². The number of aryl methyl sites for hydroxylation is 2. The second-order valence-corrected chi connectivity index (χ2v) is 10.1. The maximum absolute atomic E-state index is 15.0. The fourth-order valence-corrected chi connectivity index (χ4v) is 4.61. The van der Waals surface area contributed by atoms with Gasteiger partial charge in [0.1, 0.15) is 11.6 Å². The lowest BCUT2D eigenvalue weighted by atomic mass is 10.0. The van der Waals surface area contributed by atoms with Gasteiger partial charge in [-0.05, 0) is 50.6 Å². The number of amides is 2. The summed E-state index contributed by atoms with van der Waals surface area (Å²) < 4.78 is 62.5. The SMILES string of the molecule is CCCOc1cc(-c2ncc(NC(=O)Nc3cc(C(F)(F)F)c(CN4CCN(CC)CC4)cc3F)c(C)n2)cnc1C. The second-order valence-electron chi connectivity index (χ2n) is 10.1. The van der Waals surface area contributed by atoms with Gasteiger partial charge in [0, 0.05) is 44.5 Å². The molecule has 9 nitrogen and oxygen atoms in total. The fourth-order valence-electron chi connectivity index (χ4n) is 4.61. The first-order valence-corrected chi connectivity index (χ1v) is 13.8. The molecule has 1 aromatic carbocycles. The molecule has 0 aliphatic carbocycles. The van der Waals surface area contributed by atoms with Gasteiger partial charge in [0.05, 0.1) is 41.1 Å². The summed E-state index contributed by atoms with van der Waals surface area (Å²) in [5, 5.41) is 4.68. The lowest BCUT2D eigenvalue weighted by molar-refractivity contribution is -0.138. The molecule has 0 bridgehead atoms. The first-order chi connectivity index (χ1) is 20.0. The van der Waals surface area contributed by atoms with E-state index in [1.165, 1.54) is 6.20 Å². The Kier molecular flexibility index (Phi) is 9.94. The molecule has 0 saturated carbocycles. The Bertz CT molecular complexity index is 1410. The Balaban J connectivity index is 1.47. The highest BCUT2D eigenvalue weighted by Gasteiger charge is 2.35. The number of anilines is 2. The highest BCUT2D eigenvalue weighted by molar-refractivity contribution is 6.00. The van der Waals surface area contributed by atoms with E-state index < -0.39 is 29.3 Å². The molecule has 2 N–H and O–H groups in total. The number of pyridine rings is 1. The molecular weight excluding hydrogens is 554 g/mol. The summed E-state index contributed by atoms with van der Waals surface area (Å²) in [6.45, 7) is 11.5. The molecule has 0 radical (unpaired) electrons. The minimum atomic E-state index is -4.73. The molecule has 1 saturated heterocycles. The van der Waals surface area contributed by atoms with Crippen LogP contribution in [0.1, 0.15) is 42.8 Å². The molecule has 1 aliphatic heterocycles. The first kappa shape index (κ1) is 31.1. The standard InChI is InChI=1S/C29H35F4N7O2/c1-5-11-42-26-13-20(15-34-19(26)4)27-35-16-25(18(3)36-27)38-28(41)37-24-14-22(29(31,32)33)21(12-23(24)30)17-40-9-7-39(6-2)8-10-40/h12-16H,5-11,17H2,1-4H3,(H2,37,38,41). The number of piperazine rings is 1. The monoisotopic (exact) mass is 589 g/mol. The number of hydrogen-bond donors (Lipinski definition) is 2. The molecule has 42 heavy (non-hydrogen) atoms. The summed E-state index contributed by atoms with van der Waals surface area (Å²) in [7, 11) is 0. The number of likely N-dealkylation sites (N-methyl/N-ethyl adjacent to an activating group) is 1. The van der Waals surface area contributed by atoms with Crippen LogP contribution in [0.15, 0.2) is 30.6 Å². The zero-order chi connectivity index (χ0) is 30.4. The van der Waals surface area contributed by atoms with Crippen LogP contribution in [0.3, 0.4) is 0 Å². The van der Waals surface area contributed by atoms with E-state index in [2.05, 4.69) is 30.5 Å². The van der Waals surface area contributed by atoms with Crippen molar-refractivity contribution in [3.8, 4) is 17.1 Å². The van der Waals surface area contributed by atoms with Gasteiger partial charge >= 0.3 is 12.2 Å². The molecule has 3 aromatic rings. The van der Waals surface area contributed by atoms with Crippen molar-refractivity contribution in [2.24, 2.45) is 0 Å². The number of rotatable bonds is 9. The number of aromatic nitrogens is 3. The second kappa shape index (κ2) is 13.4. The molecule has 4 rings (SSSR count). The van der Waals surface area contributed by atoms with Crippen molar-refractivity contribution in [3.63, 3.8) is 0 Å². The molecule has 2 amide bonds. The number of ether oxygens (including phenoxy) is 1. The number of hydrogen-bond acceptors (Lipinski definition) is 7. The molecule has 0 atom stereocenters. The number of nitrogens with zero attached hydrogens (tertiary/aromatic N) is 5. The van der Waals surface area contributed by atoms with Crippen molar-refractivity contribution in [2.45, 2.75) is 46.8 Å². The first-order valence-electron chi connectivity index (χ1n) is 13.8. The Hall–Kier alpha value is -3.84. The van der Waals surface area contributed by atoms with Crippen molar-refractivity contribution >= 4 is 17.4 Å². The van der Waals surface area contributed by atoms with Crippen LogP contribution in [-0.4, -0.2) is 70.1 Å². The lowest BCUT2D eigenvalue weighted by Gasteiger charge is -2.34. The van der Waals surface area contributed by atoms with Crippen molar-refractivity contribution in [3.05, 3.63) is 58.9 Å². The predicted molar refractivity (Wildman–Crippen MR) is 152 cm³/mol. The molecule has 0 spiro atoms. The maximum Gasteiger partial charge on any atom is 0.416 e. The number of urea groups is 1. The van der Waals surface area contributed by atoms with Crippen molar-refractivity contribution in [1.29, 1.82) is 0 Å². The number of halogens is 4. The molecule has 1 aliphatic rings.